The standard InChI is InChI=1S/C15H14Cl2F2N2/c16-12-5-1-3-9(14(12)17)7-11(21-20)8-10-4-2-6-13(18)15(10)19/h1-6,11,21H,7-8,20H2. The van der Waals surface area contributed by atoms with Gasteiger partial charge in [0.2, 0.25) is 0 Å². The summed E-state index contributed by atoms with van der Waals surface area (Å²) in [6.45, 7) is 0. The van der Waals surface area contributed by atoms with Gasteiger partial charge in [0, 0.05) is 6.04 Å². The lowest BCUT2D eigenvalue weighted by Gasteiger charge is -2.17. The maximum atomic E-state index is 13.7. The molecule has 2 aromatic rings. The van der Waals surface area contributed by atoms with Crippen molar-refractivity contribution in [1.29, 1.82) is 0 Å². The van der Waals surface area contributed by atoms with E-state index in [2.05, 4.69) is 5.43 Å². The highest BCUT2D eigenvalue weighted by molar-refractivity contribution is 6.42. The highest BCUT2D eigenvalue weighted by Crippen LogP contribution is 2.27. The zero-order valence-corrected chi connectivity index (χ0v) is 12.6. The summed E-state index contributed by atoms with van der Waals surface area (Å²) in [7, 11) is 0. The molecule has 0 aliphatic heterocycles. The Bertz CT molecular complexity index is 582. The van der Waals surface area contributed by atoms with Gasteiger partial charge in [0.1, 0.15) is 0 Å². The number of nitrogens with one attached hydrogen (secondary N) is 1. The average molecular weight is 331 g/mol. The molecule has 2 nitrogen and oxygen atoms in total. The van der Waals surface area contributed by atoms with Gasteiger partial charge >= 0.3 is 0 Å². The van der Waals surface area contributed by atoms with Gasteiger partial charge in [-0.05, 0) is 36.1 Å². The van der Waals surface area contributed by atoms with E-state index in [-0.39, 0.29) is 18.0 Å². The molecule has 0 aromatic heterocycles. The van der Waals surface area contributed by atoms with Crippen LogP contribution in [0.25, 0.3) is 0 Å². The third-order valence-electron chi connectivity index (χ3n) is 3.23. The summed E-state index contributed by atoms with van der Waals surface area (Å²) in [6.07, 6.45) is 0.689. The summed E-state index contributed by atoms with van der Waals surface area (Å²) >= 11 is 12.1. The van der Waals surface area contributed by atoms with Gasteiger partial charge in [-0.15, -0.1) is 0 Å². The van der Waals surface area contributed by atoms with E-state index >= 15 is 0 Å². The van der Waals surface area contributed by atoms with Crippen molar-refractivity contribution in [3.8, 4) is 0 Å². The van der Waals surface area contributed by atoms with Crippen molar-refractivity contribution in [3.63, 3.8) is 0 Å². The summed E-state index contributed by atoms with van der Waals surface area (Å²) in [5.74, 6) is 3.78. The van der Waals surface area contributed by atoms with E-state index in [1.54, 1.807) is 12.1 Å². The summed E-state index contributed by atoms with van der Waals surface area (Å²) < 4.78 is 26.9. The third kappa shape index (κ3) is 3.92. The number of halogens is 4. The molecule has 2 rings (SSSR count). The minimum atomic E-state index is -0.871. The Morgan fingerprint density at radius 1 is 1.00 bits per heavy atom. The van der Waals surface area contributed by atoms with E-state index in [4.69, 9.17) is 29.0 Å². The predicted molar refractivity (Wildman–Crippen MR) is 81.3 cm³/mol. The number of hydrogen-bond acceptors (Lipinski definition) is 2. The fourth-order valence-electron chi connectivity index (χ4n) is 2.13. The fraction of sp³-hybridized carbons (Fsp3) is 0.200. The quantitative estimate of drug-likeness (QED) is 0.644. The zero-order valence-electron chi connectivity index (χ0n) is 11.0. The van der Waals surface area contributed by atoms with Gasteiger partial charge in [-0.1, -0.05) is 47.5 Å². The van der Waals surface area contributed by atoms with Crippen molar-refractivity contribution in [2.75, 3.05) is 0 Å². The van der Waals surface area contributed by atoms with Crippen LogP contribution >= 0.6 is 23.2 Å². The summed E-state index contributed by atoms with van der Waals surface area (Å²) in [4.78, 5) is 0. The molecule has 0 bridgehead atoms. The van der Waals surface area contributed by atoms with Crippen LogP contribution in [0.1, 0.15) is 11.1 Å². The SMILES string of the molecule is NNC(Cc1cccc(F)c1F)Cc1cccc(Cl)c1Cl. The minimum absolute atomic E-state index is 0.239. The molecule has 0 aliphatic carbocycles. The molecule has 0 amide bonds. The summed E-state index contributed by atoms with van der Waals surface area (Å²) in [5, 5.41) is 0.890. The molecule has 1 atom stereocenters. The fourth-order valence-corrected chi connectivity index (χ4v) is 2.53. The number of nitrogens with two attached hydrogens (primary N) is 1. The van der Waals surface area contributed by atoms with Gasteiger partial charge in [-0.3, -0.25) is 11.3 Å². The maximum Gasteiger partial charge on any atom is 0.162 e. The monoisotopic (exact) mass is 330 g/mol. The Balaban J connectivity index is 2.17. The normalized spacial score (nSPS) is 12.4. The summed E-state index contributed by atoms with van der Waals surface area (Å²) in [6, 6.07) is 9.07. The first kappa shape index (κ1) is 16.2. The second-order valence-electron chi connectivity index (χ2n) is 4.70. The molecule has 0 saturated heterocycles. The molecule has 1 unspecified atom stereocenters. The van der Waals surface area contributed by atoms with Gasteiger partial charge in [-0.2, -0.15) is 0 Å². The smallest absolute Gasteiger partial charge is 0.162 e. The molecule has 21 heavy (non-hydrogen) atoms. The number of rotatable bonds is 5. The van der Waals surface area contributed by atoms with Crippen LogP contribution in [0.4, 0.5) is 8.78 Å². The van der Waals surface area contributed by atoms with Gasteiger partial charge in [-0.25, -0.2) is 8.78 Å². The van der Waals surface area contributed by atoms with E-state index in [0.29, 0.717) is 16.5 Å². The Hall–Kier alpha value is -1.20. The van der Waals surface area contributed by atoms with E-state index in [9.17, 15) is 8.78 Å². The van der Waals surface area contributed by atoms with Crippen LogP contribution in [0.15, 0.2) is 36.4 Å². The van der Waals surface area contributed by atoms with Crippen molar-refractivity contribution in [2.24, 2.45) is 5.84 Å². The Labute approximate surface area is 131 Å². The molecule has 0 radical (unpaired) electrons. The van der Waals surface area contributed by atoms with Crippen molar-refractivity contribution in [2.45, 2.75) is 18.9 Å². The molecule has 0 fully saturated rings. The van der Waals surface area contributed by atoms with Crippen LogP contribution in [0.5, 0.6) is 0 Å². The second-order valence-corrected chi connectivity index (χ2v) is 5.48. The van der Waals surface area contributed by atoms with Crippen LogP contribution in [0.2, 0.25) is 10.0 Å². The lowest BCUT2D eigenvalue weighted by Crippen LogP contribution is -2.38. The van der Waals surface area contributed by atoms with E-state index in [1.807, 2.05) is 6.07 Å². The first-order valence-corrected chi connectivity index (χ1v) is 7.10. The number of hydrogen-bond donors (Lipinski definition) is 2. The molecule has 112 valence electrons. The molecule has 0 saturated carbocycles. The van der Waals surface area contributed by atoms with Gasteiger partial charge in [0.05, 0.1) is 10.0 Å². The van der Waals surface area contributed by atoms with Crippen LogP contribution in [0, 0.1) is 11.6 Å². The lowest BCUT2D eigenvalue weighted by molar-refractivity contribution is 0.474. The first-order valence-electron chi connectivity index (χ1n) is 6.34. The Morgan fingerprint density at radius 3 is 2.33 bits per heavy atom. The van der Waals surface area contributed by atoms with Crippen molar-refractivity contribution < 1.29 is 8.78 Å². The molecule has 0 spiro atoms. The Kier molecular flexibility index (Phi) is 5.53. The highest BCUT2D eigenvalue weighted by Gasteiger charge is 2.16. The second kappa shape index (κ2) is 7.18. The number of hydrazine groups is 1. The molecule has 6 heteroatoms. The average Bonchev–Trinajstić information content (AvgIpc) is 2.47. The zero-order chi connectivity index (χ0) is 15.4. The van der Waals surface area contributed by atoms with Crippen LogP contribution in [-0.2, 0) is 12.8 Å². The van der Waals surface area contributed by atoms with Crippen LogP contribution in [-0.4, -0.2) is 6.04 Å². The van der Waals surface area contributed by atoms with E-state index < -0.39 is 11.6 Å². The molecular weight excluding hydrogens is 317 g/mol. The summed E-state index contributed by atoms with van der Waals surface area (Å²) in [5.41, 5.74) is 3.66. The van der Waals surface area contributed by atoms with E-state index in [1.165, 1.54) is 12.1 Å². The van der Waals surface area contributed by atoms with E-state index in [0.717, 1.165) is 11.6 Å². The van der Waals surface area contributed by atoms with Gasteiger partial charge in [0.25, 0.3) is 0 Å². The van der Waals surface area contributed by atoms with Crippen LogP contribution in [0.3, 0.4) is 0 Å². The lowest BCUT2D eigenvalue weighted by atomic mass is 9.99. The molecule has 0 aliphatic rings. The van der Waals surface area contributed by atoms with Crippen LogP contribution < -0.4 is 11.3 Å². The molecular formula is C15H14Cl2F2N2. The van der Waals surface area contributed by atoms with Crippen molar-refractivity contribution in [3.05, 3.63) is 69.2 Å². The first-order chi connectivity index (χ1) is 10.0. The van der Waals surface area contributed by atoms with Crippen molar-refractivity contribution in [1.82, 2.24) is 5.43 Å². The largest absolute Gasteiger partial charge is 0.271 e. The van der Waals surface area contributed by atoms with Gasteiger partial charge in [0.15, 0.2) is 11.6 Å². The Morgan fingerprint density at radius 2 is 1.62 bits per heavy atom. The highest BCUT2D eigenvalue weighted by atomic mass is 35.5. The molecule has 0 heterocycles. The van der Waals surface area contributed by atoms with Crippen molar-refractivity contribution >= 4 is 23.2 Å². The third-order valence-corrected chi connectivity index (χ3v) is 4.09. The molecule has 2 aromatic carbocycles. The molecule has 3 N–H and O–H groups in total. The number of benzene rings is 2. The predicted octanol–water partition coefficient (Wildman–Crippen LogP) is 3.89. The maximum absolute atomic E-state index is 13.7. The minimum Gasteiger partial charge on any atom is -0.271 e. The topological polar surface area (TPSA) is 38.0 Å². The van der Waals surface area contributed by atoms with Gasteiger partial charge < -0.3 is 0 Å².